The first-order valence-corrected chi connectivity index (χ1v) is 4.93. The molecule has 1 aromatic carbocycles. The van der Waals surface area contributed by atoms with Crippen LogP contribution in [0.1, 0.15) is 11.1 Å². The standard InChI is InChI=1S/C11H16N2O2/c12-5-6-13-8-10-3-1-9(2-4-10)7-11(14)15/h1-4,13H,5-8,12H2,(H,14,15). The summed E-state index contributed by atoms with van der Waals surface area (Å²) in [6.45, 7) is 2.18. The molecule has 1 rings (SSSR count). The van der Waals surface area contributed by atoms with Crippen LogP contribution in [0.2, 0.25) is 0 Å². The maximum Gasteiger partial charge on any atom is 0.307 e. The second kappa shape index (κ2) is 6.16. The average Bonchev–Trinajstić information content (AvgIpc) is 2.20. The summed E-state index contributed by atoms with van der Waals surface area (Å²) in [6, 6.07) is 7.55. The molecular weight excluding hydrogens is 192 g/mol. The maximum absolute atomic E-state index is 10.4. The second-order valence-electron chi connectivity index (χ2n) is 3.35. The second-order valence-corrected chi connectivity index (χ2v) is 3.35. The number of carboxylic acids is 1. The van der Waals surface area contributed by atoms with Crippen LogP contribution in [-0.4, -0.2) is 24.2 Å². The molecule has 0 aliphatic rings. The lowest BCUT2D eigenvalue weighted by Gasteiger charge is -2.04. The van der Waals surface area contributed by atoms with E-state index >= 15 is 0 Å². The highest BCUT2D eigenvalue weighted by Gasteiger charge is 1.99. The van der Waals surface area contributed by atoms with Gasteiger partial charge < -0.3 is 16.2 Å². The third kappa shape index (κ3) is 4.58. The minimum atomic E-state index is -0.802. The molecule has 82 valence electrons. The topological polar surface area (TPSA) is 75.3 Å². The van der Waals surface area contributed by atoms with E-state index in [4.69, 9.17) is 10.8 Å². The molecule has 0 spiro atoms. The van der Waals surface area contributed by atoms with E-state index in [2.05, 4.69) is 5.32 Å². The quantitative estimate of drug-likeness (QED) is 0.590. The molecule has 4 nitrogen and oxygen atoms in total. The average molecular weight is 208 g/mol. The first-order chi connectivity index (χ1) is 7.22. The largest absolute Gasteiger partial charge is 0.481 e. The van der Waals surface area contributed by atoms with Crippen LogP contribution >= 0.6 is 0 Å². The lowest BCUT2D eigenvalue weighted by Crippen LogP contribution is -2.21. The predicted molar refractivity (Wildman–Crippen MR) is 58.5 cm³/mol. The Bertz CT molecular complexity index is 309. The van der Waals surface area contributed by atoms with E-state index in [-0.39, 0.29) is 6.42 Å². The van der Waals surface area contributed by atoms with Gasteiger partial charge in [-0.25, -0.2) is 0 Å². The van der Waals surface area contributed by atoms with Crippen molar-refractivity contribution in [2.24, 2.45) is 5.73 Å². The first-order valence-electron chi connectivity index (χ1n) is 4.93. The molecule has 0 fully saturated rings. The molecule has 4 N–H and O–H groups in total. The van der Waals surface area contributed by atoms with Crippen LogP contribution in [0.4, 0.5) is 0 Å². The molecule has 0 aromatic heterocycles. The third-order valence-electron chi connectivity index (χ3n) is 2.03. The number of aliphatic carboxylic acids is 1. The Morgan fingerprint density at radius 2 is 1.87 bits per heavy atom. The summed E-state index contributed by atoms with van der Waals surface area (Å²) in [7, 11) is 0. The number of nitrogens with two attached hydrogens (primary N) is 1. The molecule has 1 aromatic rings. The van der Waals surface area contributed by atoms with Crippen LogP contribution in [0.15, 0.2) is 24.3 Å². The van der Waals surface area contributed by atoms with Gasteiger partial charge in [0.15, 0.2) is 0 Å². The first kappa shape index (κ1) is 11.7. The number of carbonyl (C=O) groups is 1. The fraction of sp³-hybridized carbons (Fsp3) is 0.364. The number of hydrogen-bond acceptors (Lipinski definition) is 3. The van der Waals surface area contributed by atoms with Gasteiger partial charge in [-0.3, -0.25) is 4.79 Å². The predicted octanol–water partition coefficient (Wildman–Crippen LogP) is 0.362. The van der Waals surface area contributed by atoms with Crippen molar-refractivity contribution in [2.75, 3.05) is 13.1 Å². The highest BCUT2D eigenvalue weighted by molar-refractivity contribution is 5.70. The zero-order valence-electron chi connectivity index (χ0n) is 8.57. The van der Waals surface area contributed by atoms with E-state index in [1.54, 1.807) is 0 Å². The van der Waals surface area contributed by atoms with Crippen LogP contribution in [0.25, 0.3) is 0 Å². The zero-order chi connectivity index (χ0) is 11.1. The lowest BCUT2D eigenvalue weighted by atomic mass is 10.1. The van der Waals surface area contributed by atoms with E-state index in [0.717, 1.165) is 24.2 Å². The van der Waals surface area contributed by atoms with Crippen LogP contribution in [0, 0.1) is 0 Å². The van der Waals surface area contributed by atoms with Crippen LogP contribution in [0.5, 0.6) is 0 Å². The fourth-order valence-electron chi connectivity index (χ4n) is 1.28. The highest BCUT2D eigenvalue weighted by Crippen LogP contribution is 2.04. The van der Waals surface area contributed by atoms with Crippen molar-refractivity contribution in [3.8, 4) is 0 Å². The zero-order valence-corrected chi connectivity index (χ0v) is 8.57. The molecule has 0 unspecified atom stereocenters. The van der Waals surface area contributed by atoms with Crippen molar-refractivity contribution in [3.05, 3.63) is 35.4 Å². The van der Waals surface area contributed by atoms with Crippen LogP contribution in [0.3, 0.4) is 0 Å². The molecule has 4 heteroatoms. The van der Waals surface area contributed by atoms with E-state index in [1.165, 1.54) is 0 Å². The Balaban J connectivity index is 2.45. The Morgan fingerprint density at radius 1 is 1.27 bits per heavy atom. The van der Waals surface area contributed by atoms with E-state index in [0.29, 0.717) is 6.54 Å². The van der Waals surface area contributed by atoms with E-state index < -0.39 is 5.97 Å². The minimum absolute atomic E-state index is 0.0799. The molecule has 0 radical (unpaired) electrons. The number of rotatable bonds is 6. The molecule has 0 aliphatic heterocycles. The molecular formula is C11H16N2O2. The summed E-state index contributed by atoms with van der Waals surface area (Å²) in [6.07, 6.45) is 0.0799. The summed E-state index contributed by atoms with van der Waals surface area (Å²) in [5, 5.41) is 11.8. The van der Waals surface area contributed by atoms with Gasteiger partial charge in [0.05, 0.1) is 6.42 Å². The van der Waals surface area contributed by atoms with Crippen molar-refractivity contribution >= 4 is 5.97 Å². The Morgan fingerprint density at radius 3 is 2.40 bits per heavy atom. The van der Waals surface area contributed by atoms with Crippen molar-refractivity contribution in [1.29, 1.82) is 0 Å². The fourth-order valence-corrected chi connectivity index (χ4v) is 1.28. The third-order valence-corrected chi connectivity index (χ3v) is 2.03. The molecule has 0 saturated heterocycles. The molecule has 0 heterocycles. The number of hydrogen-bond donors (Lipinski definition) is 3. The van der Waals surface area contributed by atoms with Crippen LogP contribution < -0.4 is 11.1 Å². The Hall–Kier alpha value is -1.39. The molecule has 0 aliphatic carbocycles. The van der Waals surface area contributed by atoms with Crippen LogP contribution in [-0.2, 0) is 17.8 Å². The lowest BCUT2D eigenvalue weighted by molar-refractivity contribution is -0.136. The number of carboxylic acid groups (broad SMARTS) is 1. The summed E-state index contributed by atoms with van der Waals surface area (Å²) in [5.74, 6) is -0.802. The highest BCUT2D eigenvalue weighted by atomic mass is 16.4. The van der Waals surface area contributed by atoms with Gasteiger partial charge in [-0.15, -0.1) is 0 Å². The molecule has 0 amide bonds. The van der Waals surface area contributed by atoms with E-state index in [9.17, 15) is 4.79 Å². The van der Waals surface area contributed by atoms with Gasteiger partial charge in [-0.2, -0.15) is 0 Å². The Labute approximate surface area is 89.1 Å². The monoisotopic (exact) mass is 208 g/mol. The van der Waals surface area contributed by atoms with Crippen molar-refractivity contribution < 1.29 is 9.90 Å². The smallest absolute Gasteiger partial charge is 0.307 e. The van der Waals surface area contributed by atoms with Gasteiger partial charge in [0.25, 0.3) is 0 Å². The molecule has 0 saturated carbocycles. The van der Waals surface area contributed by atoms with Gasteiger partial charge >= 0.3 is 5.97 Å². The van der Waals surface area contributed by atoms with Gasteiger partial charge in [-0.1, -0.05) is 24.3 Å². The Kier molecular flexibility index (Phi) is 4.80. The van der Waals surface area contributed by atoms with Crippen molar-refractivity contribution in [2.45, 2.75) is 13.0 Å². The minimum Gasteiger partial charge on any atom is -0.481 e. The van der Waals surface area contributed by atoms with E-state index in [1.807, 2.05) is 24.3 Å². The maximum atomic E-state index is 10.4. The van der Waals surface area contributed by atoms with Gasteiger partial charge in [0, 0.05) is 19.6 Å². The number of benzene rings is 1. The summed E-state index contributed by atoms with van der Waals surface area (Å²) < 4.78 is 0. The molecule has 0 atom stereocenters. The van der Waals surface area contributed by atoms with Gasteiger partial charge in [0.1, 0.15) is 0 Å². The summed E-state index contributed by atoms with van der Waals surface area (Å²) in [5.41, 5.74) is 7.30. The van der Waals surface area contributed by atoms with Gasteiger partial charge in [-0.05, 0) is 11.1 Å². The summed E-state index contributed by atoms with van der Waals surface area (Å²) >= 11 is 0. The molecule has 0 bridgehead atoms. The van der Waals surface area contributed by atoms with Crippen molar-refractivity contribution in [3.63, 3.8) is 0 Å². The summed E-state index contributed by atoms with van der Waals surface area (Å²) in [4.78, 5) is 10.4. The van der Waals surface area contributed by atoms with Crippen molar-refractivity contribution in [1.82, 2.24) is 5.32 Å². The normalized spacial score (nSPS) is 10.2. The molecule has 15 heavy (non-hydrogen) atoms. The van der Waals surface area contributed by atoms with Gasteiger partial charge in [0.2, 0.25) is 0 Å². The SMILES string of the molecule is NCCNCc1ccc(CC(=O)O)cc1. The number of nitrogens with one attached hydrogen (secondary N) is 1.